The van der Waals surface area contributed by atoms with Crippen LogP contribution in [0.2, 0.25) is 5.02 Å². The number of hydrogen-bond acceptors (Lipinski definition) is 4. The number of nitriles is 1. The molecule has 0 bridgehead atoms. The number of esters is 1. The average molecular weight is 422 g/mol. The van der Waals surface area contributed by atoms with Gasteiger partial charge in [0.2, 0.25) is 0 Å². The summed E-state index contributed by atoms with van der Waals surface area (Å²) < 4.78 is 23.7. The Balaban J connectivity index is 1.79. The Morgan fingerprint density at radius 2 is 1.87 bits per heavy atom. The molecule has 0 N–H and O–H groups in total. The number of carbonyl (C=O) groups is 1. The molecule has 0 saturated carbocycles. The molecule has 30 heavy (non-hydrogen) atoms. The summed E-state index contributed by atoms with van der Waals surface area (Å²) >= 11 is 6.01. The SMILES string of the molecule is COc1cc(/C=C(/C#N)c2cccc(Cl)c2)ccc1OC(=O)Cc1ccc(F)cc1. The molecule has 6 heteroatoms. The predicted molar refractivity (Wildman–Crippen MR) is 114 cm³/mol. The summed E-state index contributed by atoms with van der Waals surface area (Å²) in [6.45, 7) is 0. The Hall–Kier alpha value is -3.62. The highest BCUT2D eigenvalue weighted by Gasteiger charge is 2.12. The van der Waals surface area contributed by atoms with E-state index in [0.29, 0.717) is 33.0 Å². The Morgan fingerprint density at radius 1 is 1.10 bits per heavy atom. The topological polar surface area (TPSA) is 59.3 Å². The highest BCUT2D eigenvalue weighted by atomic mass is 35.5. The smallest absolute Gasteiger partial charge is 0.315 e. The zero-order valence-electron chi connectivity index (χ0n) is 16.1. The molecule has 0 radical (unpaired) electrons. The molecule has 0 aromatic heterocycles. The third-order valence-electron chi connectivity index (χ3n) is 4.24. The first-order chi connectivity index (χ1) is 14.5. The molecule has 0 aliphatic carbocycles. The highest BCUT2D eigenvalue weighted by molar-refractivity contribution is 6.30. The fraction of sp³-hybridized carbons (Fsp3) is 0.0833. The van der Waals surface area contributed by atoms with Crippen molar-refractivity contribution >= 4 is 29.2 Å². The van der Waals surface area contributed by atoms with Gasteiger partial charge in [0, 0.05) is 5.02 Å². The van der Waals surface area contributed by atoms with Crippen LogP contribution in [0.1, 0.15) is 16.7 Å². The molecule has 150 valence electrons. The maximum atomic E-state index is 13.0. The van der Waals surface area contributed by atoms with Gasteiger partial charge in [-0.15, -0.1) is 0 Å². The molecule has 0 aliphatic rings. The molecule has 0 heterocycles. The zero-order chi connectivity index (χ0) is 21.5. The average Bonchev–Trinajstić information content (AvgIpc) is 2.74. The first-order valence-electron chi connectivity index (χ1n) is 8.99. The van der Waals surface area contributed by atoms with Crippen LogP contribution in [0.4, 0.5) is 4.39 Å². The van der Waals surface area contributed by atoms with E-state index in [0.717, 1.165) is 0 Å². The third-order valence-corrected chi connectivity index (χ3v) is 4.48. The second-order valence-corrected chi connectivity index (χ2v) is 6.80. The van der Waals surface area contributed by atoms with E-state index in [2.05, 4.69) is 6.07 Å². The first kappa shape index (κ1) is 21.1. The molecule has 0 atom stereocenters. The van der Waals surface area contributed by atoms with Gasteiger partial charge in [-0.1, -0.05) is 41.9 Å². The number of carbonyl (C=O) groups excluding carboxylic acids is 1. The molecule has 3 aromatic carbocycles. The van der Waals surface area contributed by atoms with E-state index >= 15 is 0 Å². The molecule has 4 nitrogen and oxygen atoms in total. The van der Waals surface area contributed by atoms with E-state index in [4.69, 9.17) is 21.1 Å². The lowest BCUT2D eigenvalue weighted by Gasteiger charge is -2.10. The van der Waals surface area contributed by atoms with Crippen molar-refractivity contribution in [3.05, 3.63) is 94.3 Å². The number of benzene rings is 3. The van der Waals surface area contributed by atoms with E-state index < -0.39 is 5.97 Å². The molecule has 3 aromatic rings. The van der Waals surface area contributed by atoms with Crippen LogP contribution in [0.3, 0.4) is 0 Å². The summed E-state index contributed by atoms with van der Waals surface area (Å²) in [5.41, 5.74) is 2.46. The van der Waals surface area contributed by atoms with Gasteiger partial charge in [0.25, 0.3) is 0 Å². The van der Waals surface area contributed by atoms with Crippen molar-refractivity contribution in [2.75, 3.05) is 7.11 Å². The fourth-order valence-corrected chi connectivity index (χ4v) is 2.98. The largest absolute Gasteiger partial charge is 0.493 e. The van der Waals surface area contributed by atoms with Gasteiger partial charge in [0.05, 0.1) is 25.2 Å². The third kappa shape index (κ3) is 5.47. The van der Waals surface area contributed by atoms with Crippen LogP contribution >= 0.6 is 11.6 Å². The van der Waals surface area contributed by atoms with Crippen molar-refractivity contribution in [2.24, 2.45) is 0 Å². The van der Waals surface area contributed by atoms with Gasteiger partial charge in [-0.3, -0.25) is 4.79 Å². The standard InChI is InChI=1S/C24H17ClFNO3/c1-29-23-12-17(11-19(15-27)18-3-2-4-20(25)14-18)7-10-22(23)30-24(28)13-16-5-8-21(26)9-6-16/h2-12,14H,13H2,1H3/b19-11-. The van der Waals surface area contributed by atoms with Crippen molar-refractivity contribution in [1.29, 1.82) is 5.26 Å². The Labute approximate surface area is 178 Å². The van der Waals surface area contributed by atoms with Crippen LogP contribution in [-0.4, -0.2) is 13.1 Å². The number of halogens is 2. The Morgan fingerprint density at radius 3 is 2.53 bits per heavy atom. The Kier molecular flexibility index (Phi) is 6.84. The Bertz CT molecular complexity index is 1130. The molecule has 0 amide bonds. The van der Waals surface area contributed by atoms with Crippen molar-refractivity contribution in [1.82, 2.24) is 0 Å². The second kappa shape index (κ2) is 9.73. The lowest BCUT2D eigenvalue weighted by Crippen LogP contribution is -2.12. The minimum absolute atomic E-state index is 0.00155. The van der Waals surface area contributed by atoms with E-state index in [-0.39, 0.29) is 18.0 Å². The number of nitrogens with zero attached hydrogens (tertiary/aromatic N) is 1. The maximum Gasteiger partial charge on any atom is 0.315 e. The minimum atomic E-state index is -0.500. The molecule has 3 rings (SSSR count). The highest BCUT2D eigenvalue weighted by Crippen LogP contribution is 2.30. The fourth-order valence-electron chi connectivity index (χ4n) is 2.79. The van der Waals surface area contributed by atoms with Crippen molar-refractivity contribution < 1.29 is 18.7 Å². The summed E-state index contributed by atoms with van der Waals surface area (Å²) in [5.74, 6) is -0.269. The second-order valence-electron chi connectivity index (χ2n) is 6.37. The molecule has 0 saturated heterocycles. The van der Waals surface area contributed by atoms with Crippen molar-refractivity contribution in [3.8, 4) is 17.6 Å². The van der Waals surface area contributed by atoms with Gasteiger partial charge in [-0.05, 0) is 59.2 Å². The van der Waals surface area contributed by atoms with Crippen LogP contribution in [-0.2, 0) is 11.2 Å². The molecule has 0 aliphatic heterocycles. The van der Waals surface area contributed by atoms with Gasteiger partial charge >= 0.3 is 5.97 Å². The molecule has 0 unspecified atom stereocenters. The molecular weight excluding hydrogens is 405 g/mol. The summed E-state index contributed by atoms with van der Waals surface area (Å²) in [7, 11) is 1.46. The number of methoxy groups -OCH3 is 1. The van der Waals surface area contributed by atoms with Crippen LogP contribution in [0.25, 0.3) is 11.6 Å². The zero-order valence-corrected chi connectivity index (χ0v) is 16.8. The number of hydrogen-bond donors (Lipinski definition) is 0. The monoisotopic (exact) mass is 421 g/mol. The van der Waals surface area contributed by atoms with Gasteiger partial charge in [0.1, 0.15) is 5.82 Å². The summed E-state index contributed by atoms with van der Waals surface area (Å²) in [5, 5.41) is 10.0. The van der Waals surface area contributed by atoms with Gasteiger partial charge in [-0.2, -0.15) is 5.26 Å². The van der Waals surface area contributed by atoms with Crippen LogP contribution in [0.15, 0.2) is 66.7 Å². The van der Waals surface area contributed by atoms with Crippen molar-refractivity contribution in [2.45, 2.75) is 6.42 Å². The van der Waals surface area contributed by atoms with Gasteiger partial charge < -0.3 is 9.47 Å². The summed E-state index contributed by atoms with van der Waals surface area (Å²) in [4.78, 5) is 12.2. The lowest BCUT2D eigenvalue weighted by molar-refractivity contribution is -0.133. The first-order valence-corrected chi connectivity index (χ1v) is 9.37. The molecular formula is C24H17ClFNO3. The predicted octanol–water partition coefficient (Wildman–Crippen LogP) is 5.70. The number of allylic oxidation sites excluding steroid dienone is 1. The summed E-state index contributed by atoms with van der Waals surface area (Å²) in [6, 6.07) is 19.8. The number of ether oxygens (including phenoxy) is 2. The van der Waals surface area contributed by atoms with Crippen LogP contribution < -0.4 is 9.47 Å². The van der Waals surface area contributed by atoms with Gasteiger partial charge in [0.15, 0.2) is 11.5 Å². The minimum Gasteiger partial charge on any atom is -0.493 e. The van der Waals surface area contributed by atoms with Gasteiger partial charge in [-0.25, -0.2) is 4.39 Å². The van der Waals surface area contributed by atoms with E-state index in [1.54, 1.807) is 48.5 Å². The van der Waals surface area contributed by atoms with Crippen LogP contribution in [0.5, 0.6) is 11.5 Å². The van der Waals surface area contributed by atoms with E-state index in [1.165, 1.54) is 31.4 Å². The van der Waals surface area contributed by atoms with E-state index in [1.807, 2.05) is 0 Å². The quantitative estimate of drug-likeness (QED) is 0.222. The molecule has 0 spiro atoms. The van der Waals surface area contributed by atoms with Crippen molar-refractivity contribution in [3.63, 3.8) is 0 Å². The van der Waals surface area contributed by atoms with E-state index in [9.17, 15) is 14.4 Å². The van der Waals surface area contributed by atoms with Crippen LogP contribution in [0, 0.1) is 17.1 Å². The number of rotatable bonds is 6. The lowest BCUT2D eigenvalue weighted by atomic mass is 10.0. The summed E-state index contributed by atoms with van der Waals surface area (Å²) in [6.07, 6.45) is 1.69. The maximum absolute atomic E-state index is 13.0. The molecule has 0 fully saturated rings. The normalized spacial score (nSPS) is 10.9.